The first-order chi connectivity index (χ1) is 12.2. The van der Waals surface area contributed by atoms with Crippen molar-refractivity contribution in [1.82, 2.24) is 9.88 Å². The van der Waals surface area contributed by atoms with Crippen LogP contribution in [0.25, 0.3) is 10.9 Å². The molecule has 140 valence electrons. The van der Waals surface area contributed by atoms with Gasteiger partial charge in [0, 0.05) is 24.2 Å². The maximum absolute atomic E-state index is 13.0. The fraction of sp³-hybridized carbons (Fsp3) is 0.444. The first-order valence-corrected chi connectivity index (χ1v) is 8.34. The lowest BCUT2D eigenvalue weighted by atomic mass is 10.1. The lowest BCUT2D eigenvalue weighted by Crippen LogP contribution is -2.45. The van der Waals surface area contributed by atoms with Crippen LogP contribution in [-0.2, 0) is 16.1 Å². The van der Waals surface area contributed by atoms with Gasteiger partial charge in [-0.3, -0.25) is 9.59 Å². The molecule has 0 saturated carbocycles. The van der Waals surface area contributed by atoms with Crippen LogP contribution in [0.15, 0.2) is 29.1 Å². The maximum atomic E-state index is 13.0. The third-order valence-electron chi connectivity index (χ3n) is 4.42. The number of ether oxygens (including phenoxy) is 1. The molecule has 1 amide bonds. The fourth-order valence-electron chi connectivity index (χ4n) is 3.13. The molecule has 2 aromatic rings. The third kappa shape index (κ3) is 4.07. The van der Waals surface area contributed by atoms with Crippen LogP contribution < -0.4 is 5.56 Å². The van der Waals surface area contributed by atoms with Gasteiger partial charge in [-0.1, -0.05) is 11.6 Å². The molecule has 0 spiro atoms. The van der Waals surface area contributed by atoms with Crippen LogP contribution in [0.2, 0.25) is 0 Å². The Balaban J connectivity index is 1.92. The van der Waals surface area contributed by atoms with Crippen LogP contribution in [0, 0.1) is 6.92 Å². The van der Waals surface area contributed by atoms with Crippen molar-refractivity contribution in [2.24, 2.45) is 0 Å². The first kappa shape index (κ1) is 18.4. The molecule has 26 heavy (non-hydrogen) atoms. The van der Waals surface area contributed by atoms with Crippen molar-refractivity contribution in [2.75, 3.05) is 13.2 Å². The molecule has 1 aliphatic rings. The van der Waals surface area contributed by atoms with Gasteiger partial charge < -0.3 is 14.6 Å². The highest BCUT2D eigenvalue weighted by Gasteiger charge is 2.43. The Morgan fingerprint density at radius 3 is 2.77 bits per heavy atom. The zero-order valence-corrected chi connectivity index (χ0v) is 14.2. The number of alkyl halides is 3. The van der Waals surface area contributed by atoms with Crippen LogP contribution in [-0.4, -0.2) is 41.2 Å². The van der Waals surface area contributed by atoms with Gasteiger partial charge in [0.2, 0.25) is 0 Å². The molecule has 5 nitrogen and oxygen atoms in total. The van der Waals surface area contributed by atoms with Gasteiger partial charge in [-0.05, 0) is 43.4 Å². The molecule has 2 heterocycles. The van der Waals surface area contributed by atoms with Crippen molar-refractivity contribution in [2.45, 2.75) is 38.6 Å². The van der Waals surface area contributed by atoms with E-state index in [-0.39, 0.29) is 12.1 Å². The number of aromatic nitrogens is 1. The van der Waals surface area contributed by atoms with Gasteiger partial charge in [0.05, 0.1) is 12.6 Å². The largest absolute Gasteiger partial charge is 0.471 e. The molecule has 0 unspecified atom stereocenters. The van der Waals surface area contributed by atoms with Crippen molar-refractivity contribution < 1.29 is 22.7 Å². The lowest BCUT2D eigenvalue weighted by Gasteiger charge is -2.26. The normalized spacial score (nSPS) is 17.6. The number of amides is 1. The number of pyridine rings is 1. The van der Waals surface area contributed by atoms with Gasteiger partial charge in [0.25, 0.3) is 5.56 Å². The summed E-state index contributed by atoms with van der Waals surface area (Å²) in [4.78, 5) is 27.4. The van der Waals surface area contributed by atoms with E-state index < -0.39 is 30.3 Å². The lowest BCUT2D eigenvalue weighted by molar-refractivity contribution is -0.187. The molecule has 0 aliphatic carbocycles. The highest BCUT2D eigenvalue weighted by molar-refractivity contribution is 5.82. The Hall–Kier alpha value is -2.35. The number of H-pyrrole nitrogens is 1. The summed E-state index contributed by atoms with van der Waals surface area (Å²) in [6.45, 7) is 1.73. The Kier molecular flexibility index (Phi) is 5.04. The minimum atomic E-state index is -5.00. The number of aromatic amines is 1. The number of nitrogens with one attached hydrogen (secondary N) is 1. The summed E-state index contributed by atoms with van der Waals surface area (Å²) in [6, 6.07) is 6.92. The number of hydrogen-bond acceptors (Lipinski definition) is 3. The van der Waals surface area contributed by atoms with Crippen LogP contribution >= 0.6 is 0 Å². The number of rotatable bonds is 4. The van der Waals surface area contributed by atoms with Crippen molar-refractivity contribution in [3.8, 4) is 0 Å². The summed E-state index contributed by atoms with van der Waals surface area (Å²) < 4.78 is 44.2. The van der Waals surface area contributed by atoms with E-state index in [9.17, 15) is 22.8 Å². The van der Waals surface area contributed by atoms with E-state index in [1.165, 1.54) is 6.07 Å². The molecule has 1 saturated heterocycles. The monoisotopic (exact) mass is 368 g/mol. The van der Waals surface area contributed by atoms with E-state index in [1.54, 1.807) is 6.07 Å². The van der Waals surface area contributed by atoms with Crippen LogP contribution in [0.3, 0.4) is 0 Å². The van der Waals surface area contributed by atoms with Crippen LogP contribution in [0.1, 0.15) is 24.0 Å². The SMILES string of the molecule is Cc1ccc2[nH]c(=O)c(CN(C[C@H]3CCCO3)C(=O)C(F)(F)F)cc2c1. The van der Waals surface area contributed by atoms with Gasteiger partial charge in [0.15, 0.2) is 0 Å². The number of benzene rings is 1. The Morgan fingerprint density at radius 1 is 1.35 bits per heavy atom. The van der Waals surface area contributed by atoms with Crippen LogP contribution in [0.4, 0.5) is 13.2 Å². The number of hydrogen-bond donors (Lipinski definition) is 1. The third-order valence-corrected chi connectivity index (χ3v) is 4.42. The fourth-order valence-corrected chi connectivity index (χ4v) is 3.13. The van der Waals surface area contributed by atoms with E-state index in [0.717, 1.165) is 12.0 Å². The molecule has 8 heteroatoms. The predicted octanol–water partition coefficient (Wildman–Crippen LogP) is 2.91. The zero-order chi connectivity index (χ0) is 18.9. The Morgan fingerprint density at radius 2 is 2.12 bits per heavy atom. The smallest absolute Gasteiger partial charge is 0.376 e. The van der Waals surface area contributed by atoms with E-state index in [1.807, 2.05) is 19.1 Å². The molecule has 1 fully saturated rings. The minimum Gasteiger partial charge on any atom is -0.376 e. The number of nitrogens with zero attached hydrogens (tertiary/aromatic N) is 1. The summed E-state index contributed by atoms with van der Waals surface area (Å²) in [5.74, 6) is -1.96. The summed E-state index contributed by atoms with van der Waals surface area (Å²) in [5, 5.41) is 0.705. The molecule has 1 aliphatic heterocycles. The summed E-state index contributed by atoms with van der Waals surface area (Å²) >= 11 is 0. The standard InChI is InChI=1S/C18H19F3N2O3/c1-11-4-5-15-12(7-11)8-13(16(24)22-15)9-23(17(25)18(19,20)21)10-14-3-2-6-26-14/h4-5,7-8,14H,2-3,6,9-10H2,1H3,(H,22,24)/t14-/m1/s1. The molecule has 1 aromatic carbocycles. The number of fused-ring (bicyclic) bond motifs is 1. The average molecular weight is 368 g/mol. The van der Waals surface area contributed by atoms with Gasteiger partial charge in [-0.15, -0.1) is 0 Å². The summed E-state index contributed by atoms with van der Waals surface area (Å²) in [7, 11) is 0. The predicted molar refractivity (Wildman–Crippen MR) is 89.8 cm³/mol. The van der Waals surface area contributed by atoms with Gasteiger partial charge in [-0.25, -0.2) is 0 Å². The first-order valence-electron chi connectivity index (χ1n) is 8.34. The molecular formula is C18H19F3N2O3. The number of carbonyl (C=O) groups is 1. The molecule has 3 rings (SSSR count). The topological polar surface area (TPSA) is 62.4 Å². The summed E-state index contributed by atoms with van der Waals surface area (Å²) in [5.41, 5.74) is 1.16. The van der Waals surface area contributed by atoms with E-state index in [0.29, 0.717) is 28.8 Å². The number of carbonyl (C=O) groups excluding carboxylic acids is 1. The van der Waals surface area contributed by atoms with E-state index in [4.69, 9.17) is 4.74 Å². The molecule has 1 atom stereocenters. The maximum Gasteiger partial charge on any atom is 0.471 e. The van der Waals surface area contributed by atoms with E-state index >= 15 is 0 Å². The molecule has 1 N–H and O–H groups in total. The number of aryl methyl sites for hydroxylation is 1. The second kappa shape index (κ2) is 7.11. The van der Waals surface area contributed by atoms with Gasteiger partial charge >= 0.3 is 12.1 Å². The van der Waals surface area contributed by atoms with E-state index in [2.05, 4.69) is 4.98 Å². The second-order valence-electron chi connectivity index (χ2n) is 6.53. The Bertz CT molecular complexity index is 870. The molecule has 0 bridgehead atoms. The molecule has 1 aromatic heterocycles. The highest BCUT2D eigenvalue weighted by atomic mass is 19.4. The Labute approximate surface area is 147 Å². The minimum absolute atomic E-state index is 0.110. The van der Waals surface area contributed by atoms with Crippen LogP contribution in [0.5, 0.6) is 0 Å². The van der Waals surface area contributed by atoms with Crippen molar-refractivity contribution in [3.63, 3.8) is 0 Å². The summed E-state index contributed by atoms with van der Waals surface area (Å²) in [6.07, 6.45) is -4.11. The second-order valence-corrected chi connectivity index (χ2v) is 6.53. The van der Waals surface area contributed by atoms with Crippen molar-refractivity contribution in [3.05, 3.63) is 45.7 Å². The number of halogens is 3. The zero-order valence-electron chi connectivity index (χ0n) is 14.2. The van der Waals surface area contributed by atoms with Crippen molar-refractivity contribution in [1.29, 1.82) is 0 Å². The van der Waals surface area contributed by atoms with Gasteiger partial charge in [0.1, 0.15) is 0 Å². The molecular weight excluding hydrogens is 349 g/mol. The van der Waals surface area contributed by atoms with Gasteiger partial charge in [-0.2, -0.15) is 13.2 Å². The molecule has 0 radical (unpaired) electrons. The van der Waals surface area contributed by atoms with Crippen molar-refractivity contribution >= 4 is 16.8 Å². The average Bonchev–Trinajstić information content (AvgIpc) is 3.06. The quantitative estimate of drug-likeness (QED) is 0.903. The highest BCUT2D eigenvalue weighted by Crippen LogP contribution is 2.23.